The lowest BCUT2D eigenvalue weighted by Crippen LogP contribution is -2.49. The van der Waals surface area contributed by atoms with Crippen molar-refractivity contribution in [1.82, 2.24) is 9.62 Å². The Morgan fingerprint density at radius 2 is 1.85 bits per heavy atom. The first-order valence-electron chi connectivity index (χ1n) is 8.76. The average molecular weight is 412 g/mol. The van der Waals surface area contributed by atoms with Crippen molar-refractivity contribution in [1.29, 1.82) is 0 Å². The highest BCUT2D eigenvalue weighted by Crippen LogP contribution is 2.21. The Kier molecular flexibility index (Phi) is 6.46. The summed E-state index contributed by atoms with van der Waals surface area (Å²) >= 11 is 1.35. The number of thiophene rings is 1. The Bertz CT molecular complexity index is 864. The van der Waals surface area contributed by atoms with Gasteiger partial charge in [-0.15, -0.1) is 11.3 Å². The Labute approximate surface area is 162 Å². The Morgan fingerprint density at radius 1 is 1.11 bits per heavy atom. The summed E-state index contributed by atoms with van der Waals surface area (Å²) in [5.41, 5.74) is 0.505. The van der Waals surface area contributed by atoms with Gasteiger partial charge in [-0.25, -0.2) is 12.8 Å². The van der Waals surface area contributed by atoms with Gasteiger partial charge in [0.2, 0.25) is 10.0 Å². The molecule has 9 heteroatoms. The lowest BCUT2D eigenvalue weighted by Gasteiger charge is -2.35. The number of hydrogen-bond donors (Lipinski definition) is 1. The molecule has 1 fully saturated rings. The van der Waals surface area contributed by atoms with Gasteiger partial charge in [0.1, 0.15) is 5.82 Å². The van der Waals surface area contributed by atoms with E-state index in [1.807, 2.05) is 10.3 Å². The molecule has 1 aromatic heterocycles. The number of amides is 1. The molecule has 146 valence electrons. The van der Waals surface area contributed by atoms with Crippen LogP contribution < -0.4 is 10.2 Å². The molecular weight excluding hydrogens is 389 g/mol. The van der Waals surface area contributed by atoms with Crippen LogP contribution in [-0.4, -0.2) is 57.1 Å². The first kappa shape index (κ1) is 19.8. The molecule has 1 aliphatic heterocycles. The van der Waals surface area contributed by atoms with E-state index in [9.17, 15) is 17.6 Å². The zero-order valence-corrected chi connectivity index (χ0v) is 16.4. The van der Waals surface area contributed by atoms with Crippen molar-refractivity contribution in [2.45, 2.75) is 6.42 Å². The monoisotopic (exact) mass is 411 g/mol. The van der Waals surface area contributed by atoms with Crippen LogP contribution in [0.25, 0.3) is 0 Å². The van der Waals surface area contributed by atoms with Gasteiger partial charge in [-0.3, -0.25) is 4.79 Å². The van der Waals surface area contributed by atoms with Crippen LogP contribution in [-0.2, 0) is 10.0 Å². The van der Waals surface area contributed by atoms with E-state index in [4.69, 9.17) is 0 Å². The molecule has 0 spiro atoms. The number of nitrogens with zero attached hydrogens (tertiary/aromatic N) is 2. The summed E-state index contributed by atoms with van der Waals surface area (Å²) in [7, 11) is -3.39. The number of nitrogens with one attached hydrogen (secondary N) is 1. The molecule has 1 saturated heterocycles. The van der Waals surface area contributed by atoms with E-state index >= 15 is 0 Å². The number of para-hydroxylation sites is 1. The Morgan fingerprint density at radius 3 is 2.52 bits per heavy atom. The molecule has 0 bridgehead atoms. The van der Waals surface area contributed by atoms with E-state index in [0.29, 0.717) is 49.7 Å². The SMILES string of the molecule is O=C(NCCCS(=O)(=O)N1CCN(c2ccccc2F)CC1)c1cccs1. The maximum Gasteiger partial charge on any atom is 0.261 e. The average Bonchev–Trinajstić information content (AvgIpc) is 3.20. The summed E-state index contributed by atoms with van der Waals surface area (Å²) in [6.07, 6.45) is 0.354. The molecule has 0 radical (unpaired) electrons. The van der Waals surface area contributed by atoms with E-state index in [1.165, 1.54) is 21.7 Å². The van der Waals surface area contributed by atoms with Crippen LogP contribution in [0.3, 0.4) is 0 Å². The van der Waals surface area contributed by atoms with Crippen molar-refractivity contribution in [2.24, 2.45) is 0 Å². The lowest BCUT2D eigenvalue weighted by atomic mass is 10.2. The van der Waals surface area contributed by atoms with Crippen molar-refractivity contribution in [3.8, 4) is 0 Å². The fourth-order valence-electron chi connectivity index (χ4n) is 3.00. The van der Waals surface area contributed by atoms with Gasteiger partial charge in [0.05, 0.1) is 16.3 Å². The highest BCUT2D eigenvalue weighted by Gasteiger charge is 2.27. The smallest absolute Gasteiger partial charge is 0.261 e. The van der Waals surface area contributed by atoms with Gasteiger partial charge in [0.15, 0.2) is 0 Å². The van der Waals surface area contributed by atoms with Crippen molar-refractivity contribution in [3.63, 3.8) is 0 Å². The fraction of sp³-hybridized carbons (Fsp3) is 0.389. The van der Waals surface area contributed by atoms with Gasteiger partial charge >= 0.3 is 0 Å². The number of anilines is 1. The van der Waals surface area contributed by atoms with E-state index in [2.05, 4.69) is 5.32 Å². The summed E-state index contributed by atoms with van der Waals surface area (Å²) in [6, 6.07) is 10.0. The number of hydrogen-bond acceptors (Lipinski definition) is 5. The number of piperazine rings is 1. The minimum absolute atomic E-state index is 0.0164. The van der Waals surface area contributed by atoms with Gasteiger partial charge in [0.25, 0.3) is 5.91 Å². The van der Waals surface area contributed by atoms with Gasteiger partial charge in [0, 0.05) is 32.7 Å². The van der Waals surface area contributed by atoms with Crippen LogP contribution in [0, 0.1) is 5.82 Å². The molecule has 27 heavy (non-hydrogen) atoms. The van der Waals surface area contributed by atoms with Crippen LogP contribution in [0.5, 0.6) is 0 Å². The molecule has 1 aliphatic rings. The number of carbonyl (C=O) groups is 1. The normalized spacial score (nSPS) is 15.7. The van der Waals surface area contributed by atoms with Crippen LogP contribution >= 0.6 is 11.3 Å². The minimum Gasteiger partial charge on any atom is -0.367 e. The molecule has 6 nitrogen and oxygen atoms in total. The molecule has 0 saturated carbocycles. The maximum atomic E-state index is 13.9. The Balaban J connectivity index is 1.44. The summed E-state index contributed by atoms with van der Waals surface area (Å²) < 4.78 is 40.3. The number of rotatable bonds is 7. The summed E-state index contributed by atoms with van der Waals surface area (Å²) in [5.74, 6) is -0.492. The fourth-order valence-corrected chi connectivity index (χ4v) is 5.12. The van der Waals surface area contributed by atoms with Crippen molar-refractivity contribution >= 4 is 33.0 Å². The highest BCUT2D eigenvalue weighted by molar-refractivity contribution is 7.89. The predicted octanol–water partition coefficient (Wildman–Crippen LogP) is 2.16. The second kappa shape index (κ2) is 8.81. The zero-order chi connectivity index (χ0) is 19.3. The van der Waals surface area contributed by atoms with Gasteiger partial charge in [-0.2, -0.15) is 4.31 Å². The van der Waals surface area contributed by atoms with Crippen LogP contribution in [0.15, 0.2) is 41.8 Å². The van der Waals surface area contributed by atoms with Crippen molar-refractivity contribution in [2.75, 3.05) is 43.4 Å². The van der Waals surface area contributed by atoms with E-state index in [1.54, 1.807) is 30.3 Å². The summed E-state index contributed by atoms with van der Waals surface area (Å²) in [5, 5.41) is 4.55. The number of halogens is 1. The third-order valence-corrected chi connectivity index (χ3v) is 7.26. The molecule has 1 aromatic carbocycles. The Hall–Kier alpha value is -1.97. The van der Waals surface area contributed by atoms with E-state index in [-0.39, 0.29) is 17.5 Å². The predicted molar refractivity (Wildman–Crippen MR) is 105 cm³/mol. The molecule has 3 rings (SSSR count). The van der Waals surface area contributed by atoms with Crippen LogP contribution in [0.2, 0.25) is 0 Å². The topological polar surface area (TPSA) is 69.7 Å². The lowest BCUT2D eigenvalue weighted by molar-refractivity contribution is 0.0957. The third-order valence-electron chi connectivity index (χ3n) is 4.43. The molecule has 1 amide bonds. The first-order valence-corrected chi connectivity index (χ1v) is 11.3. The third kappa shape index (κ3) is 5.06. The molecule has 2 aromatic rings. The standard InChI is InChI=1S/C18H22FN3O3S2/c19-15-5-1-2-6-16(15)21-9-11-22(12-10-21)27(24,25)14-4-8-20-18(23)17-7-3-13-26-17/h1-3,5-7,13H,4,8-12,14H2,(H,20,23). The molecule has 0 aliphatic carbocycles. The second-order valence-electron chi connectivity index (χ2n) is 6.24. The van der Waals surface area contributed by atoms with Gasteiger partial charge in [-0.05, 0) is 30.0 Å². The molecular formula is C18H22FN3O3S2. The first-order chi connectivity index (χ1) is 13.0. The summed E-state index contributed by atoms with van der Waals surface area (Å²) in [4.78, 5) is 14.3. The molecule has 0 unspecified atom stereocenters. The van der Waals surface area contributed by atoms with Gasteiger partial charge < -0.3 is 10.2 Å². The maximum absolute atomic E-state index is 13.9. The molecule has 1 N–H and O–H groups in total. The van der Waals surface area contributed by atoms with E-state index < -0.39 is 10.0 Å². The van der Waals surface area contributed by atoms with Crippen molar-refractivity contribution in [3.05, 3.63) is 52.5 Å². The number of benzene rings is 1. The summed E-state index contributed by atoms with van der Waals surface area (Å²) in [6.45, 7) is 1.88. The van der Waals surface area contributed by atoms with Crippen LogP contribution in [0.1, 0.15) is 16.1 Å². The number of carbonyl (C=O) groups excluding carboxylic acids is 1. The highest BCUT2D eigenvalue weighted by atomic mass is 32.2. The van der Waals surface area contributed by atoms with Crippen molar-refractivity contribution < 1.29 is 17.6 Å². The second-order valence-corrected chi connectivity index (χ2v) is 9.28. The molecule has 2 heterocycles. The quantitative estimate of drug-likeness (QED) is 0.709. The van der Waals surface area contributed by atoms with E-state index in [0.717, 1.165) is 0 Å². The minimum atomic E-state index is -3.39. The largest absolute Gasteiger partial charge is 0.367 e. The molecule has 0 atom stereocenters. The van der Waals surface area contributed by atoms with Gasteiger partial charge in [-0.1, -0.05) is 18.2 Å². The zero-order valence-electron chi connectivity index (χ0n) is 14.8. The number of sulfonamides is 1. The van der Waals surface area contributed by atoms with Crippen LogP contribution in [0.4, 0.5) is 10.1 Å².